The van der Waals surface area contributed by atoms with Crippen molar-refractivity contribution in [2.75, 3.05) is 5.75 Å². The Labute approximate surface area is 96.2 Å². The topological polar surface area (TPSA) is 55.2 Å². The highest BCUT2D eigenvalue weighted by molar-refractivity contribution is 7.99. The second-order valence-electron chi connectivity index (χ2n) is 3.54. The van der Waals surface area contributed by atoms with E-state index in [-0.39, 0.29) is 15.3 Å². The van der Waals surface area contributed by atoms with Gasteiger partial charge in [-0.2, -0.15) is 0 Å². The van der Waals surface area contributed by atoms with Crippen LogP contribution in [0, 0.1) is 10.1 Å². The van der Waals surface area contributed by atoms with Gasteiger partial charge in [0.15, 0.2) is 0 Å². The third-order valence-corrected chi connectivity index (χ3v) is 4.77. The average molecular weight is 244 g/mol. The molecule has 1 fully saturated rings. The van der Waals surface area contributed by atoms with E-state index in [9.17, 15) is 10.1 Å². The normalized spacial score (nSPS) is 26.5. The molecular weight excluding hydrogens is 232 g/mol. The molecule has 1 N–H and O–H groups in total. The lowest BCUT2D eigenvalue weighted by atomic mass is 10.2. The molecular formula is C9H12N2O2S2. The smallest absolute Gasteiger partial charge is 0.298 e. The molecule has 6 heteroatoms. The fourth-order valence-electron chi connectivity index (χ4n) is 1.50. The minimum Gasteiger partial charge on any atom is -0.298 e. The van der Waals surface area contributed by atoms with Gasteiger partial charge in [0, 0.05) is 17.0 Å². The Balaban J connectivity index is 2.11. The summed E-state index contributed by atoms with van der Waals surface area (Å²) in [6, 6.07) is 3.94. The maximum absolute atomic E-state index is 10.6. The number of thioether (sulfide) groups is 1. The van der Waals surface area contributed by atoms with Crippen molar-refractivity contribution in [2.24, 2.45) is 0 Å². The van der Waals surface area contributed by atoms with Crippen molar-refractivity contribution < 1.29 is 4.92 Å². The first-order valence-electron chi connectivity index (χ1n) is 4.78. The predicted octanol–water partition coefficient (Wildman–Crippen LogP) is 2.77. The predicted molar refractivity (Wildman–Crippen MR) is 63.4 cm³/mol. The SMILES string of the molecule is CC1CCSC(c2ccc([N+](=O)[O-])s2)N1. The second kappa shape index (κ2) is 4.51. The van der Waals surface area contributed by atoms with Crippen LogP contribution in [0.15, 0.2) is 12.1 Å². The highest BCUT2D eigenvalue weighted by atomic mass is 32.2. The van der Waals surface area contributed by atoms with Crippen molar-refractivity contribution in [1.29, 1.82) is 0 Å². The first kappa shape index (κ1) is 10.9. The lowest BCUT2D eigenvalue weighted by molar-refractivity contribution is -0.380. The molecule has 1 aromatic rings. The molecule has 0 amide bonds. The van der Waals surface area contributed by atoms with Gasteiger partial charge in [0.05, 0.1) is 10.3 Å². The number of nitrogens with one attached hydrogen (secondary N) is 1. The van der Waals surface area contributed by atoms with Crippen LogP contribution in [0.5, 0.6) is 0 Å². The molecule has 0 aliphatic carbocycles. The molecule has 0 saturated carbocycles. The van der Waals surface area contributed by atoms with Gasteiger partial charge in [-0.15, -0.1) is 11.8 Å². The molecule has 2 rings (SSSR count). The standard InChI is InChI=1S/C9H12N2O2S2/c1-6-4-5-14-9(10-6)7-2-3-8(15-7)11(12)13/h2-3,6,9-10H,4-5H2,1H3. The molecule has 15 heavy (non-hydrogen) atoms. The number of hydrogen-bond donors (Lipinski definition) is 1. The summed E-state index contributed by atoms with van der Waals surface area (Å²) in [7, 11) is 0. The fraction of sp³-hybridized carbons (Fsp3) is 0.556. The molecule has 0 bridgehead atoms. The monoisotopic (exact) mass is 244 g/mol. The van der Waals surface area contributed by atoms with E-state index < -0.39 is 0 Å². The van der Waals surface area contributed by atoms with Crippen LogP contribution in [0.2, 0.25) is 0 Å². The maximum Gasteiger partial charge on any atom is 0.324 e. The van der Waals surface area contributed by atoms with Crippen molar-refractivity contribution in [3.05, 3.63) is 27.1 Å². The molecule has 2 unspecified atom stereocenters. The summed E-state index contributed by atoms with van der Waals surface area (Å²) in [6.07, 6.45) is 1.16. The lowest BCUT2D eigenvalue weighted by Gasteiger charge is -2.27. The fourth-order valence-corrected chi connectivity index (χ4v) is 3.91. The van der Waals surface area contributed by atoms with E-state index >= 15 is 0 Å². The summed E-state index contributed by atoms with van der Waals surface area (Å²) in [5, 5.41) is 14.4. The Morgan fingerprint density at radius 2 is 2.40 bits per heavy atom. The summed E-state index contributed by atoms with van der Waals surface area (Å²) in [4.78, 5) is 11.3. The van der Waals surface area contributed by atoms with Crippen molar-refractivity contribution in [1.82, 2.24) is 5.32 Å². The minimum absolute atomic E-state index is 0.227. The van der Waals surface area contributed by atoms with E-state index in [4.69, 9.17) is 0 Å². The van der Waals surface area contributed by atoms with Crippen molar-refractivity contribution in [3.8, 4) is 0 Å². The Bertz CT molecular complexity index is 367. The Kier molecular flexibility index (Phi) is 3.28. The highest BCUT2D eigenvalue weighted by Crippen LogP contribution is 2.37. The highest BCUT2D eigenvalue weighted by Gasteiger charge is 2.23. The zero-order valence-electron chi connectivity index (χ0n) is 8.30. The largest absolute Gasteiger partial charge is 0.324 e. The Morgan fingerprint density at radius 3 is 3.00 bits per heavy atom. The Morgan fingerprint density at radius 1 is 1.60 bits per heavy atom. The van der Waals surface area contributed by atoms with Crippen LogP contribution in [-0.2, 0) is 0 Å². The minimum atomic E-state index is -0.328. The molecule has 1 aliphatic heterocycles. The van der Waals surface area contributed by atoms with Crippen LogP contribution in [-0.4, -0.2) is 16.7 Å². The summed E-state index contributed by atoms with van der Waals surface area (Å²) >= 11 is 3.09. The summed E-state index contributed by atoms with van der Waals surface area (Å²) in [5.41, 5.74) is 0. The van der Waals surface area contributed by atoms with Crippen LogP contribution < -0.4 is 5.32 Å². The van der Waals surface area contributed by atoms with E-state index in [1.54, 1.807) is 6.07 Å². The molecule has 82 valence electrons. The Hall–Kier alpha value is -0.590. The first-order chi connectivity index (χ1) is 7.16. The van der Waals surface area contributed by atoms with Crippen LogP contribution in [0.3, 0.4) is 0 Å². The quantitative estimate of drug-likeness (QED) is 0.642. The second-order valence-corrected chi connectivity index (χ2v) is 5.85. The van der Waals surface area contributed by atoms with E-state index in [1.807, 2.05) is 17.8 Å². The molecule has 1 saturated heterocycles. The maximum atomic E-state index is 10.6. The lowest BCUT2D eigenvalue weighted by Crippen LogP contribution is -2.33. The average Bonchev–Trinajstić information content (AvgIpc) is 2.66. The third kappa shape index (κ3) is 2.50. The summed E-state index contributed by atoms with van der Waals surface area (Å²) < 4.78 is 0. The van der Waals surface area contributed by atoms with Gasteiger partial charge >= 0.3 is 5.00 Å². The zero-order chi connectivity index (χ0) is 10.8. The molecule has 2 atom stereocenters. The van der Waals surface area contributed by atoms with E-state index in [0.717, 1.165) is 17.1 Å². The van der Waals surface area contributed by atoms with Crippen molar-refractivity contribution in [2.45, 2.75) is 24.8 Å². The zero-order valence-corrected chi connectivity index (χ0v) is 9.94. The number of thiophene rings is 1. The molecule has 0 radical (unpaired) electrons. The molecule has 0 spiro atoms. The van der Waals surface area contributed by atoms with Gasteiger partial charge < -0.3 is 0 Å². The van der Waals surface area contributed by atoms with Gasteiger partial charge in [0.2, 0.25) is 0 Å². The number of hydrogen-bond acceptors (Lipinski definition) is 5. The number of nitro groups is 1. The molecule has 1 aliphatic rings. The van der Waals surface area contributed by atoms with Gasteiger partial charge in [-0.25, -0.2) is 0 Å². The molecule has 2 heterocycles. The van der Waals surface area contributed by atoms with E-state index in [1.165, 1.54) is 11.3 Å². The van der Waals surface area contributed by atoms with Crippen molar-refractivity contribution >= 4 is 28.1 Å². The molecule has 0 aromatic carbocycles. The van der Waals surface area contributed by atoms with Gasteiger partial charge in [0.25, 0.3) is 0 Å². The van der Waals surface area contributed by atoms with E-state index in [2.05, 4.69) is 12.2 Å². The van der Waals surface area contributed by atoms with Gasteiger partial charge in [-0.1, -0.05) is 11.3 Å². The molecule has 1 aromatic heterocycles. The van der Waals surface area contributed by atoms with Crippen LogP contribution >= 0.6 is 23.1 Å². The van der Waals surface area contributed by atoms with E-state index in [0.29, 0.717) is 6.04 Å². The summed E-state index contributed by atoms with van der Waals surface area (Å²) in [6.45, 7) is 2.15. The van der Waals surface area contributed by atoms with Crippen LogP contribution in [0.25, 0.3) is 0 Å². The first-order valence-corrected chi connectivity index (χ1v) is 6.65. The van der Waals surface area contributed by atoms with Gasteiger partial charge in [-0.05, 0) is 25.2 Å². The van der Waals surface area contributed by atoms with Gasteiger partial charge in [-0.3, -0.25) is 15.4 Å². The van der Waals surface area contributed by atoms with Crippen LogP contribution in [0.4, 0.5) is 5.00 Å². The summed E-state index contributed by atoms with van der Waals surface area (Å²) in [5.74, 6) is 1.12. The van der Waals surface area contributed by atoms with Gasteiger partial charge in [0.1, 0.15) is 0 Å². The third-order valence-electron chi connectivity index (χ3n) is 2.32. The van der Waals surface area contributed by atoms with Crippen LogP contribution in [0.1, 0.15) is 23.6 Å². The number of nitrogens with zero attached hydrogens (tertiary/aromatic N) is 1. The molecule has 4 nitrogen and oxygen atoms in total. The number of rotatable bonds is 2. The van der Waals surface area contributed by atoms with Crippen molar-refractivity contribution in [3.63, 3.8) is 0 Å².